The van der Waals surface area contributed by atoms with Crippen LogP contribution in [0.25, 0.3) is 10.8 Å². The Bertz CT molecular complexity index is 1310. The van der Waals surface area contributed by atoms with Crippen molar-refractivity contribution >= 4 is 33.6 Å². The van der Waals surface area contributed by atoms with Gasteiger partial charge in [-0.15, -0.1) is 0 Å². The van der Waals surface area contributed by atoms with Crippen LogP contribution in [0.15, 0.2) is 87.2 Å². The summed E-state index contributed by atoms with van der Waals surface area (Å²) >= 11 is 0. The molecule has 180 valence electrons. The van der Waals surface area contributed by atoms with E-state index < -0.39 is 0 Å². The largest absolute Gasteiger partial charge is 0.452 e. The molecule has 0 aliphatic rings. The van der Waals surface area contributed by atoms with Gasteiger partial charge in [-0.25, -0.2) is 9.98 Å². The van der Waals surface area contributed by atoms with Gasteiger partial charge in [0.05, 0.1) is 22.8 Å². The number of furan rings is 1. The van der Waals surface area contributed by atoms with E-state index >= 15 is 0 Å². The average molecular weight is 465 g/mol. The lowest BCUT2D eigenvalue weighted by Gasteiger charge is -2.21. The van der Waals surface area contributed by atoms with E-state index in [9.17, 15) is 0 Å². The minimum absolute atomic E-state index is 0.000453. The molecular formula is C32H36N2O. The van der Waals surface area contributed by atoms with Gasteiger partial charge in [-0.3, -0.25) is 0 Å². The lowest BCUT2D eigenvalue weighted by molar-refractivity contribution is 0.552. The third-order valence-electron chi connectivity index (χ3n) is 6.28. The fourth-order valence-corrected chi connectivity index (χ4v) is 4.50. The Morgan fingerprint density at radius 3 is 1.26 bits per heavy atom. The summed E-state index contributed by atoms with van der Waals surface area (Å²) in [6.45, 7) is 17.3. The second-order valence-corrected chi connectivity index (χ2v) is 11.2. The maximum atomic E-state index is 6.52. The van der Waals surface area contributed by atoms with Crippen LogP contribution in [0.3, 0.4) is 0 Å². The van der Waals surface area contributed by atoms with Gasteiger partial charge in [0.25, 0.3) is 0 Å². The molecule has 3 nitrogen and oxygen atoms in total. The van der Waals surface area contributed by atoms with E-state index in [2.05, 4.69) is 90.1 Å². The highest BCUT2D eigenvalue weighted by molar-refractivity contribution is 6.15. The number of para-hydroxylation sites is 2. The summed E-state index contributed by atoms with van der Waals surface area (Å²) in [4.78, 5) is 10.1. The van der Waals surface area contributed by atoms with E-state index in [-0.39, 0.29) is 10.8 Å². The first-order valence-corrected chi connectivity index (χ1v) is 12.3. The highest BCUT2D eigenvalue weighted by Crippen LogP contribution is 2.35. The predicted molar refractivity (Wildman–Crippen MR) is 150 cm³/mol. The molecule has 0 atom stereocenters. The molecule has 4 rings (SSSR count). The van der Waals surface area contributed by atoms with Crippen LogP contribution in [0, 0.1) is 0 Å². The lowest BCUT2D eigenvalue weighted by atomic mass is 9.86. The van der Waals surface area contributed by atoms with Crippen molar-refractivity contribution in [2.24, 2.45) is 9.98 Å². The third-order valence-corrected chi connectivity index (χ3v) is 6.28. The number of rotatable bonds is 4. The molecule has 0 radical (unpaired) electrons. The Morgan fingerprint density at radius 1 is 0.543 bits per heavy atom. The molecule has 0 amide bonds. The highest BCUT2D eigenvalue weighted by Gasteiger charge is 2.21. The van der Waals surface area contributed by atoms with Crippen LogP contribution in [-0.2, 0) is 10.8 Å². The monoisotopic (exact) mass is 464 g/mol. The summed E-state index contributed by atoms with van der Waals surface area (Å²) in [5.74, 6) is 1.58. The molecule has 0 aliphatic heterocycles. The first kappa shape index (κ1) is 24.7. The summed E-state index contributed by atoms with van der Waals surface area (Å²) < 4.78 is 6.52. The van der Waals surface area contributed by atoms with Crippen molar-refractivity contribution < 1.29 is 4.42 Å². The highest BCUT2D eigenvalue weighted by atomic mass is 16.3. The van der Waals surface area contributed by atoms with Crippen LogP contribution in [0.1, 0.15) is 78.0 Å². The number of fused-ring (bicyclic) bond motifs is 1. The molecule has 0 fully saturated rings. The topological polar surface area (TPSA) is 37.9 Å². The van der Waals surface area contributed by atoms with Crippen LogP contribution in [0.4, 0.5) is 11.4 Å². The van der Waals surface area contributed by atoms with E-state index in [1.165, 1.54) is 11.1 Å². The van der Waals surface area contributed by atoms with Gasteiger partial charge in [0.15, 0.2) is 11.5 Å². The zero-order valence-electron chi connectivity index (χ0n) is 22.2. The molecule has 1 heterocycles. The van der Waals surface area contributed by atoms with E-state index in [0.717, 1.165) is 45.1 Å². The zero-order valence-corrected chi connectivity index (χ0v) is 22.2. The molecule has 0 spiro atoms. The van der Waals surface area contributed by atoms with Crippen molar-refractivity contribution in [2.45, 2.75) is 66.2 Å². The van der Waals surface area contributed by atoms with E-state index in [1.807, 2.05) is 38.1 Å². The maximum absolute atomic E-state index is 6.52. The number of hydrogen-bond donors (Lipinski definition) is 0. The summed E-state index contributed by atoms with van der Waals surface area (Å²) in [6.07, 6.45) is 0. The van der Waals surface area contributed by atoms with Crippen molar-refractivity contribution in [2.75, 3.05) is 0 Å². The minimum Gasteiger partial charge on any atom is -0.452 e. The smallest absolute Gasteiger partial charge is 0.156 e. The van der Waals surface area contributed by atoms with Crippen molar-refractivity contribution in [1.29, 1.82) is 0 Å². The van der Waals surface area contributed by atoms with Crippen LogP contribution in [-0.4, -0.2) is 11.4 Å². The SMILES string of the molecule is C/C(=N\c1ccccc1C(C)(C)C)c1oc(/C(C)=N/c2ccccc2C(C)(C)C)c2ccccc12. The normalized spacial score (nSPS) is 13.5. The number of benzene rings is 3. The second-order valence-electron chi connectivity index (χ2n) is 11.2. The van der Waals surface area contributed by atoms with Crippen LogP contribution >= 0.6 is 0 Å². The fourth-order valence-electron chi connectivity index (χ4n) is 4.50. The molecule has 0 saturated heterocycles. The zero-order chi connectivity index (χ0) is 25.4. The van der Waals surface area contributed by atoms with Crippen LogP contribution in [0.5, 0.6) is 0 Å². The van der Waals surface area contributed by atoms with E-state index in [0.29, 0.717) is 0 Å². The van der Waals surface area contributed by atoms with Gasteiger partial charge in [0.2, 0.25) is 0 Å². The minimum atomic E-state index is 0.000453. The molecule has 1 aromatic heterocycles. The Labute approximate surface area is 209 Å². The molecule has 3 heteroatoms. The molecular weight excluding hydrogens is 428 g/mol. The van der Waals surface area contributed by atoms with Crippen molar-refractivity contribution in [3.05, 3.63) is 95.4 Å². The fraction of sp³-hybridized carbons (Fsp3) is 0.312. The molecule has 4 aromatic rings. The van der Waals surface area contributed by atoms with Gasteiger partial charge < -0.3 is 4.42 Å². The summed E-state index contributed by atoms with van der Waals surface area (Å²) in [6, 6.07) is 25.0. The molecule has 0 bridgehead atoms. The Hall–Kier alpha value is -3.46. The first-order valence-electron chi connectivity index (χ1n) is 12.3. The van der Waals surface area contributed by atoms with Crippen molar-refractivity contribution in [1.82, 2.24) is 0 Å². The van der Waals surface area contributed by atoms with Crippen LogP contribution in [0.2, 0.25) is 0 Å². The van der Waals surface area contributed by atoms with Gasteiger partial charge >= 0.3 is 0 Å². The number of nitrogens with zero attached hydrogens (tertiary/aromatic N) is 2. The third kappa shape index (κ3) is 5.14. The first-order chi connectivity index (χ1) is 16.5. The summed E-state index contributed by atoms with van der Waals surface area (Å²) in [5, 5.41) is 2.10. The molecule has 0 saturated carbocycles. The quantitative estimate of drug-likeness (QED) is 0.277. The molecule has 35 heavy (non-hydrogen) atoms. The van der Waals surface area contributed by atoms with Gasteiger partial charge in [-0.2, -0.15) is 0 Å². The van der Waals surface area contributed by atoms with Gasteiger partial charge in [-0.1, -0.05) is 102 Å². The molecule has 0 N–H and O–H groups in total. The second kappa shape index (κ2) is 9.30. The van der Waals surface area contributed by atoms with E-state index in [4.69, 9.17) is 14.4 Å². The number of hydrogen-bond acceptors (Lipinski definition) is 3. The van der Waals surface area contributed by atoms with Gasteiger partial charge in [0, 0.05) is 10.8 Å². The maximum Gasteiger partial charge on any atom is 0.156 e. The molecule has 0 unspecified atom stereocenters. The molecule has 0 aliphatic carbocycles. The summed E-state index contributed by atoms with van der Waals surface area (Å²) in [7, 11) is 0. The van der Waals surface area contributed by atoms with Crippen molar-refractivity contribution in [3.63, 3.8) is 0 Å². The Morgan fingerprint density at radius 2 is 0.886 bits per heavy atom. The number of aliphatic imine (C=N–C) groups is 2. The lowest BCUT2D eigenvalue weighted by Crippen LogP contribution is -2.11. The van der Waals surface area contributed by atoms with Crippen LogP contribution < -0.4 is 0 Å². The van der Waals surface area contributed by atoms with Gasteiger partial charge in [-0.05, 0) is 47.9 Å². The standard InChI is InChI=1S/C32H36N2O/c1-21(33-27-19-13-11-17-25(27)31(3,4)5)29-23-15-9-10-16-24(23)30(35-29)22(2)34-28-20-14-12-18-26(28)32(6,7)8/h9-20H,1-8H3/b33-21+,34-22+. The molecule has 3 aromatic carbocycles. The Balaban J connectivity index is 1.85. The van der Waals surface area contributed by atoms with Gasteiger partial charge in [0.1, 0.15) is 0 Å². The Kier molecular flexibility index (Phi) is 6.55. The summed E-state index contributed by atoms with van der Waals surface area (Å²) in [5.41, 5.74) is 6.09. The van der Waals surface area contributed by atoms with Crippen molar-refractivity contribution in [3.8, 4) is 0 Å². The average Bonchev–Trinajstić information content (AvgIpc) is 3.18. The van der Waals surface area contributed by atoms with E-state index in [1.54, 1.807) is 0 Å². The predicted octanol–water partition coefficient (Wildman–Crippen LogP) is 9.31.